The molecule has 3 nitrogen and oxygen atoms in total. The van der Waals surface area contributed by atoms with Crippen molar-refractivity contribution in [1.29, 1.82) is 0 Å². The van der Waals surface area contributed by atoms with Crippen LogP contribution in [0.4, 0.5) is 8.78 Å². The van der Waals surface area contributed by atoms with Crippen LogP contribution in [-0.2, 0) is 0 Å². The Bertz CT molecular complexity index is 701. The van der Waals surface area contributed by atoms with Crippen LogP contribution in [0.25, 0.3) is 0 Å². The lowest BCUT2D eigenvalue weighted by molar-refractivity contribution is -0.0506. The van der Waals surface area contributed by atoms with E-state index in [9.17, 15) is 13.6 Å². The molecule has 0 radical (unpaired) electrons. The third-order valence-corrected chi connectivity index (χ3v) is 3.59. The first-order chi connectivity index (χ1) is 10.9. The maximum absolute atomic E-state index is 12.5. The summed E-state index contributed by atoms with van der Waals surface area (Å²) in [5.41, 5.74) is 2.92. The van der Waals surface area contributed by atoms with Crippen LogP contribution in [0.5, 0.6) is 5.75 Å². The Balaban J connectivity index is 2.20. The number of halogens is 2. The van der Waals surface area contributed by atoms with Gasteiger partial charge < -0.3 is 10.1 Å². The van der Waals surface area contributed by atoms with Crippen LogP contribution in [0.15, 0.2) is 42.5 Å². The van der Waals surface area contributed by atoms with Crippen LogP contribution in [0.1, 0.15) is 40.0 Å². The Labute approximate surface area is 134 Å². The molecule has 23 heavy (non-hydrogen) atoms. The van der Waals surface area contributed by atoms with Crippen molar-refractivity contribution in [3.63, 3.8) is 0 Å². The monoisotopic (exact) mass is 319 g/mol. The average molecular weight is 319 g/mol. The van der Waals surface area contributed by atoms with Gasteiger partial charge in [-0.1, -0.05) is 35.9 Å². The number of rotatable bonds is 5. The molecule has 0 spiro atoms. The van der Waals surface area contributed by atoms with Crippen molar-refractivity contribution in [3.05, 3.63) is 64.7 Å². The first-order valence-corrected chi connectivity index (χ1v) is 7.30. The lowest BCUT2D eigenvalue weighted by atomic mass is 10.0. The van der Waals surface area contributed by atoms with E-state index >= 15 is 0 Å². The number of carbonyl (C=O) groups is 1. The van der Waals surface area contributed by atoms with Gasteiger partial charge >= 0.3 is 6.61 Å². The number of ether oxygens (including phenoxy) is 1. The molecule has 2 aromatic rings. The third kappa shape index (κ3) is 4.28. The molecule has 0 bridgehead atoms. The van der Waals surface area contributed by atoms with Gasteiger partial charge in [0, 0.05) is 11.1 Å². The van der Waals surface area contributed by atoms with Crippen LogP contribution in [0, 0.1) is 13.8 Å². The summed E-state index contributed by atoms with van der Waals surface area (Å²) >= 11 is 0. The number of hydrogen-bond donors (Lipinski definition) is 1. The summed E-state index contributed by atoms with van der Waals surface area (Å²) in [6.07, 6.45) is 0. The quantitative estimate of drug-likeness (QED) is 0.887. The lowest BCUT2D eigenvalue weighted by Crippen LogP contribution is -2.27. The van der Waals surface area contributed by atoms with E-state index in [1.807, 2.05) is 26.0 Å². The van der Waals surface area contributed by atoms with Gasteiger partial charge in [-0.05, 0) is 38.5 Å². The third-order valence-electron chi connectivity index (χ3n) is 3.59. The van der Waals surface area contributed by atoms with E-state index in [4.69, 9.17) is 0 Å². The largest absolute Gasteiger partial charge is 0.434 e. The highest BCUT2D eigenvalue weighted by molar-refractivity contribution is 5.96. The van der Waals surface area contributed by atoms with Gasteiger partial charge in [0.2, 0.25) is 0 Å². The predicted molar refractivity (Wildman–Crippen MR) is 84.9 cm³/mol. The van der Waals surface area contributed by atoms with Gasteiger partial charge in [0.1, 0.15) is 5.75 Å². The maximum atomic E-state index is 12.5. The molecule has 1 unspecified atom stereocenters. The maximum Gasteiger partial charge on any atom is 0.387 e. The first kappa shape index (κ1) is 16.9. The molecule has 0 saturated carbocycles. The molecule has 122 valence electrons. The predicted octanol–water partition coefficient (Wildman–Crippen LogP) is 4.40. The highest BCUT2D eigenvalue weighted by Gasteiger charge is 2.18. The highest BCUT2D eigenvalue weighted by atomic mass is 19.3. The van der Waals surface area contributed by atoms with E-state index in [1.165, 1.54) is 6.07 Å². The number of aryl methyl sites for hydroxylation is 2. The minimum atomic E-state index is -2.90. The van der Waals surface area contributed by atoms with Crippen molar-refractivity contribution in [2.75, 3.05) is 0 Å². The zero-order valence-electron chi connectivity index (χ0n) is 13.3. The highest BCUT2D eigenvalue weighted by Crippen LogP contribution is 2.26. The average Bonchev–Trinajstić information content (AvgIpc) is 2.49. The number of nitrogens with one attached hydrogen (secondary N) is 1. The van der Waals surface area contributed by atoms with E-state index in [0.29, 0.717) is 11.1 Å². The first-order valence-electron chi connectivity index (χ1n) is 7.30. The van der Waals surface area contributed by atoms with Gasteiger partial charge in [-0.2, -0.15) is 8.78 Å². The zero-order chi connectivity index (χ0) is 17.0. The van der Waals surface area contributed by atoms with E-state index in [-0.39, 0.29) is 11.7 Å². The van der Waals surface area contributed by atoms with E-state index in [0.717, 1.165) is 11.1 Å². The molecule has 1 atom stereocenters. The number of amides is 1. The van der Waals surface area contributed by atoms with Gasteiger partial charge in [0.15, 0.2) is 0 Å². The molecule has 0 aliphatic carbocycles. The number of hydrogen-bond acceptors (Lipinski definition) is 2. The van der Waals surface area contributed by atoms with E-state index in [1.54, 1.807) is 31.2 Å². The van der Waals surface area contributed by atoms with Crippen LogP contribution in [0.3, 0.4) is 0 Å². The van der Waals surface area contributed by atoms with Crippen molar-refractivity contribution >= 4 is 5.91 Å². The summed E-state index contributed by atoms with van der Waals surface area (Å²) in [6.45, 7) is 2.59. The lowest BCUT2D eigenvalue weighted by Gasteiger charge is -2.18. The Kier molecular flexibility index (Phi) is 5.32. The Morgan fingerprint density at radius 2 is 1.83 bits per heavy atom. The van der Waals surface area contributed by atoms with Crippen molar-refractivity contribution in [3.8, 4) is 5.75 Å². The summed E-state index contributed by atoms with van der Waals surface area (Å²) in [5.74, 6) is -0.179. The fraction of sp³-hybridized carbons (Fsp3) is 0.278. The second-order valence-electron chi connectivity index (χ2n) is 5.43. The fourth-order valence-electron chi connectivity index (χ4n) is 2.37. The SMILES string of the molecule is Cc1ccc(C)c(C(=O)NC(C)c2ccccc2OC(F)F)c1. The second-order valence-corrected chi connectivity index (χ2v) is 5.43. The van der Waals surface area contributed by atoms with Crippen LogP contribution in [0.2, 0.25) is 0 Å². The fourth-order valence-corrected chi connectivity index (χ4v) is 2.37. The Morgan fingerprint density at radius 3 is 2.52 bits per heavy atom. The summed E-state index contributed by atoms with van der Waals surface area (Å²) in [7, 11) is 0. The molecule has 0 aliphatic rings. The standard InChI is InChI=1S/C18H19F2NO2/c1-11-8-9-12(2)15(10-11)17(22)21-13(3)14-6-4-5-7-16(14)23-18(19)20/h4-10,13,18H,1-3H3,(H,21,22). The van der Waals surface area contributed by atoms with Crippen molar-refractivity contribution < 1.29 is 18.3 Å². The van der Waals surface area contributed by atoms with E-state index < -0.39 is 12.7 Å². The molecule has 2 rings (SSSR count). The van der Waals surface area contributed by atoms with Crippen molar-refractivity contribution in [2.45, 2.75) is 33.4 Å². The number of carbonyl (C=O) groups excluding carboxylic acids is 1. The normalized spacial score (nSPS) is 12.1. The van der Waals surface area contributed by atoms with Gasteiger partial charge in [0.25, 0.3) is 5.91 Å². The van der Waals surface area contributed by atoms with Crippen LogP contribution in [-0.4, -0.2) is 12.5 Å². The molecule has 0 aromatic heterocycles. The Hall–Kier alpha value is -2.43. The van der Waals surface area contributed by atoms with Gasteiger partial charge in [0.05, 0.1) is 6.04 Å². The molecular weight excluding hydrogens is 300 g/mol. The smallest absolute Gasteiger partial charge is 0.387 e. The zero-order valence-corrected chi connectivity index (χ0v) is 13.3. The topological polar surface area (TPSA) is 38.3 Å². The van der Waals surface area contributed by atoms with Crippen LogP contribution < -0.4 is 10.1 Å². The molecule has 0 fully saturated rings. The minimum Gasteiger partial charge on any atom is -0.434 e. The molecule has 2 aromatic carbocycles. The van der Waals surface area contributed by atoms with Crippen molar-refractivity contribution in [1.82, 2.24) is 5.32 Å². The summed E-state index contributed by atoms with van der Waals surface area (Å²) in [5, 5.41) is 2.83. The molecule has 0 saturated heterocycles. The van der Waals surface area contributed by atoms with E-state index in [2.05, 4.69) is 10.1 Å². The molecular formula is C18H19F2NO2. The minimum absolute atomic E-state index is 0.0660. The van der Waals surface area contributed by atoms with Crippen LogP contribution >= 0.6 is 0 Å². The number of para-hydroxylation sites is 1. The summed E-state index contributed by atoms with van der Waals surface area (Å²) < 4.78 is 29.5. The Morgan fingerprint density at radius 1 is 1.13 bits per heavy atom. The summed E-state index contributed by atoms with van der Waals surface area (Å²) in [4.78, 5) is 12.4. The number of benzene rings is 2. The molecule has 0 aliphatic heterocycles. The molecule has 1 N–H and O–H groups in total. The van der Waals surface area contributed by atoms with Crippen molar-refractivity contribution in [2.24, 2.45) is 0 Å². The molecule has 1 amide bonds. The van der Waals surface area contributed by atoms with Gasteiger partial charge in [-0.25, -0.2) is 0 Å². The molecule has 0 heterocycles. The number of alkyl halides is 2. The second kappa shape index (κ2) is 7.22. The molecule has 5 heteroatoms. The summed E-state index contributed by atoms with van der Waals surface area (Å²) in [6, 6.07) is 11.6. The van der Waals surface area contributed by atoms with Gasteiger partial charge in [-0.15, -0.1) is 0 Å². The van der Waals surface area contributed by atoms with Gasteiger partial charge in [-0.3, -0.25) is 4.79 Å².